The lowest BCUT2D eigenvalue weighted by molar-refractivity contribution is -0.140. The topological polar surface area (TPSA) is 73.8 Å². The van der Waals surface area contributed by atoms with Crippen LogP contribution in [0, 0.1) is 5.92 Å². The molecule has 4 heterocycles. The third kappa shape index (κ3) is 4.64. The van der Waals surface area contributed by atoms with Gasteiger partial charge in [-0.2, -0.15) is 0 Å². The molecule has 0 bridgehead atoms. The van der Waals surface area contributed by atoms with Crippen molar-refractivity contribution in [3.63, 3.8) is 0 Å². The smallest absolute Gasteiger partial charge is 0.338 e. The summed E-state index contributed by atoms with van der Waals surface area (Å²) in [6, 6.07) is 14.3. The van der Waals surface area contributed by atoms with E-state index in [4.69, 9.17) is 20.8 Å². The van der Waals surface area contributed by atoms with Gasteiger partial charge in [0.25, 0.3) is 5.56 Å². The Balaban J connectivity index is 1.59. The standard InChI is InChI=1S/C27H23ClN2O4S2/c1-15(2)14-33-26(32)23-16(3)29-27-30(24(23)21-9-6-12-35-21)25(31)22(36-27)13-17-10-11-20(34-17)18-7-4-5-8-19(18)28/h4-13,15,24H,14H2,1-3H3/b22-13-. The molecule has 1 atom stereocenters. The first-order valence-corrected chi connectivity index (χ1v) is 13.5. The number of fused-ring (bicyclic) bond motifs is 1. The zero-order valence-electron chi connectivity index (χ0n) is 19.9. The molecule has 4 aromatic rings. The third-order valence-electron chi connectivity index (χ3n) is 5.64. The Morgan fingerprint density at radius 2 is 2.03 bits per heavy atom. The van der Waals surface area contributed by atoms with Gasteiger partial charge in [-0.05, 0) is 48.6 Å². The summed E-state index contributed by atoms with van der Waals surface area (Å²) in [5.74, 6) is 0.880. The van der Waals surface area contributed by atoms with Crippen LogP contribution in [-0.2, 0) is 9.53 Å². The van der Waals surface area contributed by atoms with Gasteiger partial charge in [0.05, 0.1) is 27.4 Å². The van der Waals surface area contributed by atoms with Crippen molar-refractivity contribution in [3.8, 4) is 11.3 Å². The van der Waals surface area contributed by atoms with Crippen molar-refractivity contribution in [2.75, 3.05) is 6.61 Å². The van der Waals surface area contributed by atoms with Gasteiger partial charge in [0.2, 0.25) is 0 Å². The van der Waals surface area contributed by atoms with Crippen LogP contribution in [0.25, 0.3) is 17.4 Å². The predicted molar refractivity (Wildman–Crippen MR) is 143 cm³/mol. The summed E-state index contributed by atoms with van der Waals surface area (Å²) in [5.41, 5.74) is 1.47. The molecule has 5 rings (SSSR count). The van der Waals surface area contributed by atoms with E-state index in [2.05, 4.69) is 4.99 Å². The first kappa shape index (κ1) is 24.5. The molecule has 184 valence electrons. The number of carbonyl (C=O) groups excluding carboxylic acids is 1. The Morgan fingerprint density at radius 3 is 2.75 bits per heavy atom. The van der Waals surface area contributed by atoms with Crippen LogP contribution in [0.4, 0.5) is 0 Å². The number of nitrogens with zero attached hydrogens (tertiary/aromatic N) is 2. The number of thiophene rings is 1. The Morgan fingerprint density at radius 1 is 1.22 bits per heavy atom. The lowest BCUT2D eigenvalue weighted by atomic mass is 10.0. The van der Waals surface area contributed by atoms with Crippen molar-refractivity contribution < 1.29 is 13.9 Å². The molecule has 0 aliphatic carbocycles. The zero-order valence-corrected chi connectivity index (χ0v) is 22.2. The van der Waals surface area contributed by atoms with Crippen LogP contribution in [0.2, 0.25) is 5.02 Å². The highest BCUT2D eigenvalue weighted by Gasteiger charge is 2.34. The van der Waals surface area contributed by atoms with E-state index in [1.54, 1.807) is 29.7 Å². The van der Waals surface area contributed by atoms with E-state index in [0.717, 1.165) is 10.4 Å². The number of hydrogen-bond acceptors (Lipinski definition) is 7. The Hall–Kier alpha value is -3.20. The molecule has 6 nitrogen and oxygen atoms in total. The predicted octanol–water partition coefficient (Wildman–Crippen LogP) is 5.41. The van der Waals surface area contributed by atoms with E-state index >= 15 is 0 Å². The monoisotopic (exact) mass is 538 g/mol. The van der Waals surface area contributed by atoms with E-state index in [1.165, 1.54) is 22.7 Å². The van der Waals surface area contributed by atoms with Gasteiger partial charge in [-0.1, -0.05) is 55.0 Å². The van der Waals surface area contributed by atoms with E-state index in [0.29, 0.717) is 43.8 Å². The van der Waals surface area contributed by atoms with Crippen LogP contribution in [0.5, 0.6) is 0 Å². The Bertz CT molecular complexity index is 1640. The number of ether oxygens (including phenoxy) is 1. The summed E-state index contributed by atoms with van der Waals surface area (Å²) in [6.45, 7) is 6.04. The number of aromatic nitrogens is 1. The van der Waals surface area contributed by atoms with Gasteiger partial charge in [0.1, 0.15) is 17.6 Å². The van der Waals surface area contributed by atoms with E-state index < -0.39 is 12.0 Å². The second kappa shape index (κ2) is 10.0. The molecule has 0 N–H and O–H groups in total. The molecular weight excluding hydrogens is 516 g/mol. The molecule has 1 aliphatic heterocycles. The van der Waals surface area contributed by atoms with Crippen molar-refractivity contribution in [1.29, 1.82) is 0 Å². The summed E-state index contributed by atoms with van der Waals surface area (Å²) in [5, 5.41) is 2.51. The number of halogens is 1. The van der Waals surface area contributed by atoms with Gasteiger partial charge in [-0.3, -0.25) is 9.36 Å². The highest BCUT2D eigenvalue weighted by Crippen LogP contribution is 2.33. The maximum Gasteiger partial charge on any atom is 0.338 e. The first-order chi connectivity index (χ1) is 17.3. The lowest BCUT2D eigenvalue weighted by Gasteiger charge is -2.23. The second-order valence-corrected chi connectivity index (χ2v) is 11.2. The van der Waals surface area contributed by atoms with Crippen LogP contribution in [0.15, 0.2) is 79.4 Å². The van der Waals surface area contributed by atoms with Crippen LogP contribution >= 0.6 is 34.3 Å². The van der Waals surface area contributed by atoms with Crippen molar-refractivity contribution in [2.45, 2.75) is 26.8 Å². The van der Waals surface area contributed by atoms with Gasteiger partial charge in [-0.25, -0.2) is 9.79 Å². The number of esters is 1. The van der Waals surface area contributed by atoms with Crippen LogP contribution in [-0.4, -0.2) is 17.1 Å². The van der Waals surface area contributed by atoms with Crippen LogP contribution < -0.4 is 14.9 Å². The molecule has 0 fully saturated rings. The molecule has 3 aromatic heterocycles. The van der Waals surface area contributed by atoms with Gasteiger partial charge in [0.15, 0.2) is 4.80 Å². The van der Waals surface area contributed by atoms with Gasteiger partial charge in [-0.15, -0.1) is 11.3 Å². The number of allylic oxidation sites excluding steroid dienone is 1. The largest absolute Gasteiger partial charge is 0.462 e. The molecule has 0 spiro atoms. The van der Waals surface area contributed by atoms with Crippen molar-refractivity contribution >= 4 is 46.3 Å². The molecule has 1 aromatic carbocycles. The quantitative estimate of drug-likeness (QED) is 0.308. The highest BCUT2D eigenvalue weighted by atomic mass is 35.5. The second-order valence-electron chi connectivity index (χ2n) is 8.77. The molecule has 36 heavy (non-hydrogen) atoms. The minimum absolute atomic E-state index is 0.195. The maximum absolute atomic E-state index is 13.6. The van der Waals surface area contributed by atoms with Gasteiger partial charge >= 0.3 is 5.97 Å². The number of furan rings is 1. The van der Waals surface area contributed by atoms with E-state index in [-0.39, 0.29) is 11.5 Å². The number of benzene rings is 1. The molecular formula is C27H23ClN2O4S2. The zero-order chi connectivity index (χ0) is 25.4. The van der Waals surface area contributed by atoms with Crippen molar-refractivity contribution in [3.05, 3.63) is 101 Å². The fourth-order valence-corrected chi connectivity index (χ4v) is 6.06. The number of hydrogen-bond donors (Lipinski definition) is 0. The fraction of sp³-hybridized carbons (Fsp3) is 0.222. The molecule has 0 amide bonds. The van der Waals surface area contributed by atoms with E-state index in [9.17, 15) is 9.59 Å². The fourth-order valence-electron chi connectivity index (χ4n) is 3.98. The Labute approximate surface area is 220 Å². The van der Waals surface area contributed by atoms with Crippen LogP contribution in [0.3, 0.4) is 0 Å². The average Bonchev–Trinajstić information content (AvgIpc) is 3.59. The molecule has 1 unspecified atom stereocenters. The minimum atomic E-state index is -0.599. The Kier molecular flexibility index (Phi) is 6.83. The maximum atomic E-state index is 13.6. The molecule has 0 saturated heterocycles. The third-order valence-corrected chi connectivity index (χ3v) is 7.88. The summed E-state index contributed by atoms with van der Waals surface area (Å²) in [6.07, 6.45) is 1.70. The van der Waals surface area contributed by atoms with Crippen molar-refractivity contribution in [1.82, 2.24) is 4.57 Å². The number of thiazole rings is 1. The SMILES string of the molecule is CC1=C(C(=O)OCC(C)C)C(c2cccs2)n2c(s/c(=C\c3ccc(-c4ccccc4Cl)o3)c2=O)=N1. The normalized spacial score (nSPS) is 15.8. The van der Waals surface area contributed by atoms with Gasteiger partial charge in [0, 0.05) is 16.5 Å². The van der Waals surface area contributed by atoms with Crippen LogP contribution in [0.1, 0.15) is 37.5 Å². The molecule has 9 heteroatoms. The lowest BCUT2D eigenvalue weighted by Crippen LogP contribution is -2.39. The summed E-state index contributed by atoms with van der Waals surface area (Å²) in [4.78, 5) is 32.8. The summed E-state index contributed by atoms with van der Waals surface area (Å²) >= 11 is 9.05. The van der Waals surface area contributed by atoms with Crippen molar-refractivity contribution in [2.24, 2.45) is 10.9 Å². The molecule has 0 saturated carbocycles. The molecule has 1 aliphatic rings. The first-order valence-electron chi connectivity index (χ1n) is 11.4. The highest BCUT2D eigenvalue weighted by molar-refractivity contribution is 7.10. The van der Waals surface area contributed by atoms with Gasteiger partial charge < -0.3 is 9.15 Å². The minimum Gasteiger partial charge on any atom is -0.462 e. The molecule has 0 radical (unpaired) electrons. The number of rotatable bonds is 6. The summed E-state index contributed by atoms with van der Waals surface area (Å²) < 4.78 is 13.6. The summed E-state index contributed by atoms with van der Waals surface area (Å²) in [7, 11) is 0. The number of carbonyl (C=O) groups is 1. The van der Waals surface area contributed by atoms with E-state index in [1.807, 2.05) is 55.6 Å². The average molecular weight is 539 g/mol.